The van der Waals surface area contributed by atoms with E-state index in [9.17, 15) is 0 Å². The van der Waals surface area contributed by atoms with Crippen molar-refractivity contribution in [3.63, 3.8) is 0 Å². The number of fused-ring (bicyclic) bond motifs is 1. The van der Waals surface area contributed by atoms with Crippen molar-refractivity contribution in [1.82, 2.24) is 4.98 Å². The van der Waals surface area contributed by atoms with Crippen LogP contribution in [0.3, 0.4) is 0 Å². The zero-order valence-corrected chi connectivity index (χ0v) is 13.2. The van der Waals surface area contributed by atoms with E-state index < -0.39 is 0 Å². The highest BCUT2D eigenvalue weighted by molar-refractivity contribution is 9.10. The van der Waals surface area contributed by atoms with Gasteiger partial charge < -0.3 is 5.73 Å². The van der Waals surface area contributed by atoms with E-state index in [1.165, 1.54) is 4.70 Å². The van der Waals surface area contributed by atoms with Crippen LogP contribution in [0.25, 0.3) is 10.2 Å². The largest absolute Gasteiger partial charge is 0.326 e. The average molecular weight is 351 g/mol. The third-order valence-electron chi connectivity index (χ3n) is 2.65. The molecule has 1 aromatic heterocycles. The molecule has 0 atom stereocenters. The predicted molar refractivity (Wildman–Crippen MR) is 85.8 cm³/mol. The van der Waals surface area contributed by atoms with Crippen molar-refractivity contribution >= 4 is 49.2 Å². The van der Waals surface area contributed by atoms with E-state index in [1.807, 2.05) is 24.3 Å². The summed E-state index contributed by atoms with van der Waals surface area (Å²) in [5.74, 6) is 0. The Balaban J connectivity index is 1.94. The lowest BCUT2D eigenvalue weighted by Crippen LogP contribution is -1.95. The molecule has 0 fully saturated rings. The summed E-state index contributed by atoms with van der Waals surface area (Å²) in [7, 11) is 0. The summed E-state index contributed by atoms with van der Waals surface area (Å²) in [6.45, 7) is 0.548. The first kappa shape index (κ1) is 13.1. The second kappa shape index (κ2) is 5.63. The van der Waals surface area contributed by atoms with E-state index >= 15 is 0 Å². The number of para-hydroxylation sites is 1. The van der Waals surface area contributed by atoms with Crippen molar-refractivity contribution < 1.29 is 0 Å². The topological polar surface area (TPSA) is 38.9 Å². The van der Waals surface area contributed by atoms with Crippen molar-refractivity contribution in [3.05, 3.63) is 52.5 Å². The first-order valence-corrected chi connectivity index (χ1v) is 8.20. The molecule has 96 valence electrons. The van der Waals surface area contributed by atoms with Crippen LogP contribution in [0.1, 0.15) is 5.56 Å². The Morgan fingerprint density at radius 3 is 2.84 bits per heavy atom. The maximum absolute atomic E-state index is 5.70. The normalized spacial score (nSPS) is 11.1. The number of nitrogens with zero attached hydrogens (tertiary/aromatic N) is 1. The van der Waals surface area contributed by atoms with Crippen LogP contribution in [0, 0.1) is 0 Å². The summed E-state index contributed by atoms with van der Waals surface area (Å²) >= 11 is 6.91. The fourth-order valence-corrected chi connectivity index (χ4v) is 4.65. The molecule has 2 aromatic carbocycles. The molecule has 0 saturated carbocycles. The van der Waals surface area contributed by atoms with Gasteiger partial charge >= 0.3 is 0 Å². The van der Waals surface area contributed by atoms with Gasteiger partial charge in [0.2, 0.25) is 0 Å². The lowest BCUT2D eigenvalue weighted by Gasteiger charge is -2.03. The Labute approximate surface area is 128 Å². The number of aromatic nitrogens is 1. The number of benzene rings is 2. The van der Waals surface area contributed by atoms with Crippen molar-refractivity contribution in [2.75, 3.05) is 0 Å². The quantitative estimate of drug-likeness (QED) is 0.745. The van der Waals surface area contributed by atoms with Gasteiger partial charge in [-0.05, 0) is 35.9 Å². The van der Waals surface area contributed by atoms with E-state index in [0.717, 1.165) is 24.8 Å². The number of hydrogen-bond donors (Lipinski definition) is 1. The van der Waals surface area contributed by atoms with Crippen LogP contribution in [0.4, 0.5) is 0 Å². The third-order valence-corrected chi connectivity index (χ3v) is 5.17. The van der Waals surface area contributed by atoms with Crippen LogP contribution in [0.2, 0.25) is 0 Å². The number of nitrogens with two attached hydrogens (primary N) is 1. The standard InChI is InChI=1S/C14H11BrN2S2/c15-10-5-9(8-16)6-11(7-10)18-14-17-12-3-1-2-4-13(12)19-14/h1-7H,8,16H2. The van der Waals surface area contributed by atoms with Gasteiger partial charge in [0.25, 0.3) is 0 Å². The molecule has 0 aliphatic heterocycles. The summed E-state index contributed by atoms with van der Waals surface area (Å²) in [5.41, 5.74) is 7.88. The zero-order valence-electron chi connectivity index (χ0n) is 9.97. The molecule has 2 nitrogen and oxygen atoms in total. The lowest BCUT2D eigenvalue weighted by molar-refractivity contribution is 1.06. The molecular formula is C14H11BrN2S2. The van der Waals surface area contributed by atoms with Crippen molar-refractivity contribution in [2.24, 2.45) is 5.73 Å². The fraction of sp³-hybridized carbons (Fsp3) is 0.0714. The number of rotatable bonds is 3. The maximum atomic E-state index is 5.70. The molecule has 0 unspecified atom stereocenters. The van der Waals surface area contributed by atoms with Crippen molar-refractivity contribution in [3.8, 4) is 0 Å². The van der Waals surface area contributed by atoms with Gasteiger partial charge in [-0.3, -0.25) is 0 Å². The molecule has 3 rings (SSSR count). The van der Waals surface area contributed by atoms with Gasteiger partial charge in [0.1, 0.15) is 0 Å². The van der Waals surface area contributed by atoms with E-state index in [2.05, 4.69) is 39.1 Å². The Hall–Kier alpha value is -0.880. The van der Waals surface area contributed by atoms with Crippen LogP contribution >= 0.6 is 39.0 Å². The van der Waals surface area contributed by atoms with Gasteiger partial charge in [0.05, 0.1) is 10.2 Å². The first-order valence-electron chi connectivity index (χ1n) is 5.77. The molecule has 0 saturated heterocycles. The highest BCUT2D eigenvalue weighted by atomic mass is 79.9. The summed E-state index contributed by atoms with van der Waals surface area (Å²) in [5, 5.41) is 0. The van der Waals surface area contributed by atoms with E-state index in [4.69, 9.17) is 5.73 Å². The Bertz CT molecular complexity index is 691. The Kier molecular flexibility index (Phi) is 3.88. The van der Waals surface area contributed by atoms with E-state index in [1.54, 1.807) is 23.1 Å². The molecule has 19 heavy (non-hydrogen) atoms. The monoisotopic (exact) mass is 350 g/mol. The van der Waals surface area contributed by atoms with Gasteiger partial charge in [0.15, 0.2) is 4.34 Å². The highest BCUT2D eigenvalue weighted by Crippen LogP contribution is 2.35. The Morgan fingerprint density at radius 2 is 2.05 bits per heavy atom. The molecule has 0 bridgehead atoms. The molecule has 3 aromatic rings. The minimum absolute atomic E-state index is 0.548. The highest BCUT2D eigenvalue weighted by Gasteiger charge is 2.06. The smallest absolute Gasteiger partial charge is 0.155 e. The first-order chi connectivity index (χ1) is 9.24. The third kappa shape index (κ3) is 3.00. The van der Waals surface area contributed by atoms with Gasteiger partial charge in [-0.15, -0.1) is 11.3 Å². The molecule has 1 heterocycles. The molecule has 2 N–H and O–H groups in total. The van der Waals surface area contributed by atoms with Crippen LogP contribution in [-0.2, 0) is 6.54 Å². The lowest BCUT2D eigenvalue weighted by atomic mass is 10.2. The molecule has 0 aliphatic rings. The summed E-state index contributed by atoms with van der Waals surface area (Å²) in [6.07, 6.45) is 0. The maximum Gasteiger partial charge on any atom is 0.155 e. The van der Waals surface area contributed by atoms with Gasteiger partial charge in [-0.25, -0.2) is 4.98 Å². The molecule has 5 heteroatoms. The summed E-state index contributed by atoms with van der Waals surface area (Å²) in [6, 6.07) is 14.5. The Morgan fingerprint density at radius 1 is 1.21 bits per heavy atom. The summed E-state index contributed by atoms with van der Waals surface area (Å²) < 4.78 is 3.33. The minimum atomic E-state index is 0.548. The van der Waals surface area contributed by atoms with Gasteiger partial charge in [0, 0.05) is 15.9 Å². The van der Waals surface area contributed by atoms with E-state index in [0.29, 0.717) is 6.54 Å². The van der Waals surface area contributed by atoms with Crippen molar-refractivity contribution in [1.29, 1.82) is 0 Å². The number of thiazole rings is 1. The second-order valence-electron chi connectivity index (χ2n) is 4.05. The number of halogens is 1. The van der Waals surface area contributed by atoms with Crippen LogP contribution in [-0.4, -0.2) is 4.98 Å². The average Bonchev–Trinajstić information content (AvgIpc) is 2.80. The zero-order chi connectivity index (χ0) is 13.2. The molecule has 0 radical (unpaired) electrons. The second-order valence-corrected chi connectivity index (χ2v) is 7.32. The molecule has 0 aliphatic carbocycles. The molecular weight excluding hydrogens is 340 g/mol. The van der Waals surface area contributed by atoms with Crippen molar-refractivity contribution in [2.45, 2.75) is 15.8 Å². The number of hydrogen-bond acceptors (Lipinski definition) is 4. The van der Waals surface area contributed by atoms with E-state index in [-0.39, 0.29) is 0 Å². The SMILES string of the molecule is NCc1cc(Br)cc(Sc2nc3ccccc3s2)c1. The summed E-state index contributed by atoms with van der Waals surface area (Å²) in [4.78, 5) is 5.79. The van der Waals surface area contributed by atoms with Crippen LogP contribution in [0.5, 0.6) is 0 Å². The van der Waals surface area contributed by atoms with Crippen LogP contribution < -0.4 is 5.73 Å². The van der Waals surface area contributed by atoms with Gasteiger partial charge in [-0.1, -0.05) is 39.8 Å². The van der Waals surface area contributed by atoms with Gasteiger partial charge in [-0.2, -0.15) is 0 Å². The molecule has 0 spiro atoms. The van der Waals surface area contributed by atoms with Crippen LogP contribution in [0.15, 0.2) is 56.2 Å². The minimum Gasteiger partial charge on any atom is -0.326 e. The molecule has 0 amide bonds. The fourth-order valence-electron chi connectivity index (χ4n) is 1.79. The predicted octanol–water partition coefficient (Wildman–Crippen LogP) is 4.67.